The van der Waals surface area contributed by atoms with Crippen molar-refractivity contribution in [2.45, 2.75) is 52.9 Å². The summed E-state index contributed by atoms with van der Waals surface area (Å²) in [5.74, 6) is 0. The number of hydrogen-bond acceptors (Lipinski definition) is 0. The summed E-state index contributed by atoms with van der Waals surface area (Å²) in [6.45, 7) is 6.97. The van der Waals surface area contributed by atoms with Crippen LogP contribution in [0.1, 0.15) is 55.9 Å². The first kappa shape index (κ1) is 34.7. The van der Waals surface area contributed by atoms with Crippen LogP contribution in [0, 0.1) is 48.6 Å². The molecule has 0 atom stereocenters. The molecule has 0 bridgehead atoms. The van der Waals surface area contributed by atoms with E-state index >= 15 is 0 Å². The molecule has 0 amide bonds. The molecule has 28 heavy (non-hydrogen) atoms. The van der Waals surface area contributed by atoms with Crippen LogP contribution in [0.3, 0.4) is 0 Å². The standard InChI is InChI=1S/C17H21.C5H5.5CH3.Hf/c1-17(2,3)11-14-10-9-13-8-7-12-5-4-6-15(12)16(13)14;1-2-4-5-3-1;;;;;;/h7-8H,4-6,9,11H2,1-3H3;1-5H;5*1H3;/q7*-1;. The van der Waals surface area contributed by atoms with Gasteiger partial charge in [-0.25, -0.2) is 17.7 Å². The summed E-state index contributed by atoms with van der Waals surface area (Å²) in [6, 6.07) is 14.7. The molecule has 1 heteroatoms. The Morgan fingerprint density at radius 3 is 1.96 bits per heavy atom. The van der Waals surface area contributed by atoms with Gasteiger partial charge in [0.1, 0.15) is 0 Å². The van der Waals surface area contributed by atoms with E-state index in [1.165, 1.54) is 30.4 Å². The maximum Gasteiger partial charge on any atom is 0 e. The number of aryl methyl sites for hydroxylation is 1. The Morgan fingerprint density at radius 2 is 1.46 bits per heavy atom. The van der Waals surface area contributed by atoms with E-state index in [2.05, 4.69) is 39.0 Å². The van der Waals surface area contributed by atoms with Crippen LogP contribution in [0.15, 0.2) is 42.5 Å². The molecule has 0 radical (unpaired) electrons. The second kappa shape index (κ2) is 15.1. The fourth-order valence-corrected chi connectivity index (χ4v) is 3.53. The van der Waals surface area contributed by atoms with Crippen molar-refractivity contribution in [3.63, 3.8) is 0 Å². The van der Waals surface area contributed by atoms with Gasteiger partial charge in [0.25, 0.3) is 0 Å². The molecule has 2 aliphatic carbocycles. The summed E-state index contributed by atoms with van der Waals surface area (Å²) in [7, 11) is 0. The third kappa shape index (κ3) is 8.68. The Hall–Kier alpha value is -0.820. The van der Waals surface area contributed by atoms with Crippen molar-refractivity contribution < 1.29 is 25.8 Å². The summed E-state index contributed by atoms with van der Waals surface area (Å²) in [4.78, 5) is 0. The van der Waals surface area contributed by atoms with Crippen LogP contribution in [0.4, 0.5) is 0 Å². The molecule has 0 aliphatic heterocycles. The van der Waals surface area contributed by atoms with Gasteiger partial charge in [0, 0.05) is 25.8 Å². The summed E-state index contributed by atoms with van der Waals surface area (Å²) >= 11 is 0. The van der Waals surface area contributed by atoms with Crippen LogP contribution in [-0.2, 0) is 45.1 Å². The average molecular weight is 544 g/mol. The zero-order chi connectivity index (χ0) is 15.6. The summed E-state index contributed by atoms with van der Waals surface area (Å²) in [5, 5.41) is 0. The molecule has 0 saturated carbocycles. The van der Waals surface area contributed by atoms with Gasteiger partial charge in [0.2, 0.25) is 0 Å². The van der Waals surface area contributed by atoms with Gasteiger partial charge in [0.15, 0.2) is 0 Å². The molecular weight excluding hydrogens is 503 g/mol. The molecule has 0 spiro atoms. The quantitative estimate of drug-likeness (QED) is 0.252. The monoisotopic (exact) mass is 545 g/mol. The van der Waals surface area contributed by atoms with E-state index in [1.54, 1.807) is 16.7 Å². The van der Waals surface area contributed by atoms with Crippen LogP contribution < -0.4 is 0 Å². The van der Waals surface area contributed by atoms with Crippen molar-refractivity contribution in [1.82, 2.24) is 0 Å². The maximum atomic E-state index is 3.62. The van der Waals surface area contributed by atoms with E-state index in [-0.39, 0.29) is 63.0 Å². The Balaban J connectivity index is -0.000000233. The van der Waals surface area contributed by atoms with E-state index in [4.69, 9.17) is 0 Å². The van der Waals surface area contributed by atoms with Gasteiger partial charge < -0.3 is 37.1 Å². The number of hydrogen-bond donors (Lipinski definition) is 0. The van der Waals surface area contributed by atoms with Crippen molar-refractivity contribution in [2.24, 2.45) is 5.41 Å². The van der Waals surface area contributed by atoms with Crippen LogP contribution in [-0.4, -0.2) is 0 Å². The SMILES string of the molecule is CC(C)(C)CC1=[C-]Cc2ccc3c(c21)CCC3.[CH3-].[CH3-].[CH3-].[CH3-].[CH3-].[Hf].c1cc[cH-]c1. The molecule has 2 aliphatic rings. The fraction of sp³-hybridized carbons (Fsp3) is 0.333. The zero-order valence-electron chi connectivity index (χ0n) is 19.6. The summed E-state index contributed by atoms with van der Waals surface area (Å²) in [6.07, 6.45) is 9.73. The summed E-state index contributed by atoms with van der Waals surface area (Å²) in [5.41, 5.74) is 8.20. The number of allylic oxidation sites excluding steroid dienone is 2. The van der Waals surface area contributed by atoms with Gasteiger partial charge in [-0.15, -0.1) is 17.5 Å². The molecule has 160 valence electrons. The third-order valence-corrected chi connectivity index (χ3v) is 4.43. The molecule has 4 rings (SSSR count). The molecule has 0 heterocycles. The smallest absolute Gasteiger partial charge is 0 e. The second-order valence-corrected chi connectivity index (χ2v) is 7.62. The van der Waals surface area contributed by atoms with E-state index in [9.17, 15) is 0 Å². The molecule has 0 nitrogen and oxygen atoms in total. The van der Waals surface area contributed by atoms with Gasteiger partial charge >= 0.3 is 0 Å². The number of benzene rings is 1. The third-order valence-electron chi connectivity index (χ3n) is 4.43. The first-order valence-electron chi connectivity index (χ1n) is 8.45. The summed E-state index contributed by atoms with van der Waals surface area (Å²) < 4.78 is 0. The molecule has 2 aromatic carbocycles. The van der Waals surface area contributed by atoms with E-state index in [1.807, 2.05) is 30.3 Å². The Kier molecular flexibility index (Phi) is 18.7. The zero-order valence-corrected chi connectivity index (χ0v) is 23.2. The second-order valence-electron chi connectivity index (χ2n) is 7.62. The minimum Gasteiger partial charge on any atom is -0.358 e. The molecule has 0 fully saturated rings. The van der Waals surface area contributed by atoms with Crippen molar-refractivity contribution in [1.29, 1.82) is 0 Å². The first-order valence-corrected chi connectivity index (χ1v) is 8.45. The van der Waals surface area contributed by atoms with Crippen molar-refractivity contribution in [2.75, 3.05) is 0 Å². The molecule has 0 unspecified atom stereocenters. The van der Waals surface area contributed by atoms with Crippen LogP contribution in [0.25, 0.3) is 5.57 Å². The molecule has 2 aromatic rings. The van der Waals surface area contributed by atoms with Crippen LogP contribution in [0.2, 0.25) is 0 Å². The van der Waals surface area contributed by atoms with Crippen LogP contribution >= 0.6 is 0 Å². The van der Waals surface area contributed by atoms with Crippen LogP contribution in [0.5, 0.6) is 0 Å². The van der Waals surface area contributed by atoms with Gasteiger partial charge in [-0.1, -0.05) is 44.9 Å². The maximum absolute atomic E-state index is 3.62. The Morgan fingerprint density at radius 1 is 0.893 bits per heavy atom. The molecule has 0 N–H and O–H groups in total. The normalized spacial score (nSPS) is 12.3. The minimum absolute atomic E-state index is 0. The first-order chi connectivity index (χ1) is 10.5. The van der Waals surface area contributed by atoms with Gasteiger partial charge in [-0.05, 0) is 24.7 Å². The predicted molar refractivity (Wildman–Crippen MR) is 127 cm³/mol. The Labute approximate surface area is 197 Å². The average Bonchev–Trinajstić information content (AvgIpc) is 3.19. The van der Waals surface area contributed by atoms with Gasteiger partial charge in [-0.2, -0.15) is 23.8 Å². The van der Waals surface area contributed by atoms with Crippen molar-refractivity contribution in [3.05, 3.63) is 108 Å². The topological polar surface area (TPSA) is 0 Å². The molecule has 0 aromatic heterocycles. The van der Waals surface area contributed by atoms with E-state index in [0.29, 0.717) is 5.41 Å². The number of rotatable bonds is 1. The van der Waals surface area contributed by atoms with Gasteiger partial charge in [-0.3, -0.25) is 6.08 Å². The van der Waals surface area contributed by atoms with Gasteiger partial charge in [0.05, 0.1) is 0 Å². The van der Waals surface area contributed by atoms with E-state index in [0.717, 1.165) is 12.8 Å². The minimum atomic E-state index is 0. The largest absolute Gasteiger partial charge is 0.358 e. The Bertz CT molecular complexity index is 637. The number of fused-ring (bicyclic) bond motifs is 3. The fourth-order valence-electron chi connectivity index (χ4n) is 3.53. The van der Waals surface area contributed by atoms with Crippen molar-refractivity contribution >= 4 is 5.57 Å². The van der Waals surface area contributed by atoms with E-state index < -0.39 is 0 Å². The molecule has 0 saturated heterocycles. The molecular formula is C27H41Hf-7. The predicted octanol–water partition coefficient (Wildman–Crippen LogP) is 8.01. The van der Waals surface area contributed by atoms with Crippen molar-refractivity contribution in [3.8, 4) is 0 Å².